The van der Waals surface area contributed by atoms with Crippen molar-refractivity contribution in [3.63, 3.8) is 0 Å². The van der Waals surface area contributed by atoms with Crippen LogP contribution in [0.3, 0.4) is 0 Å². The van der Waals surface area contributed by atoms with Gasteiger partial charge in [0.1, 0.15) is 0 Å². The lowest BCUT2D eigenvalue weighted by molar-refractivity contribution is -0.118. The number of nitriles is 1. The van der Waals surface area contributed by atoms with Gasteiger partial charge in [-0.3, -0.25) is 14.9 Å². The van der Waals surface area contributed by atoms with E-state index in [1.165, 1.54) is 6.07 Å². The van der Waals surface area contributed by atoms with Crippen molar-refractivity contribution in [2.75, 3.05) is 13.6 Å². The molecule has 1 aliphatic rings. The van der Waals surface area contributed by atoms with E-state index < -0.39 is 5.91 Å². The van der Waals surface area contributed by atoms with Crippen molar-refractivity contribution in [1.82, 2.24) is 10.2 Å². The number of guanidine groups is 1. The summed E-state index contributed by atoms with van der Waals surface area (Å²) in [6.45, 7) is 0.185. The summed E-state index contributed by atoms with van der Waals surface area (Å²) >= 11 is 0. The van der Waals surface area contributed by atoms with Gasteiger partial charge in [-0.05, 0) is 18.2 Å². The molecule has 0 bridgehead atoms. The lowest BCUT2D eigenvalue weighted by Crippen LogP contribution is -2.28. The predicted molar refractivity (Wildman–Crippen MR) is 63.7 cm³/mol. The maximum Gasteiger partial charge on any atom is 0.280 e. The number of hydrogen-bond donors (Lipinski definition) is 1. The number of nitrogens with one attached hydrogen (secondary N) is 1. The fourth-order valence-corrected chi connectivity index (χ4v) is 1.55. The first-order chi connectivity index (χ1) is 8.60. The van der Waals surface area contributed by atoms with Crippen LogP contribution in [0.5, 0.6) is 0 Å². The largest absolute Gasteiger partial charge is 0.336 e. The van der Waals surface area contributed by atoms with E-state index in [4.69, 9.17) is 5.26 Å². The van der Waals surface area contributed by atoms with Crippen LogP contribution in [0.1, 0.15) is 15.9 Å². The van der Waals surface area contributed by atoms with Crippen LogP contribution in [-0.4, -0.2) is 36.3 Å². The molecule has 0 unspecified atom stereocenters. The van der Waals surface area contributed by atoms with Gasteiger partial charge >= 0.3 is 0 Å². The lowest BCUT2D eigenvalue weighted by atomic mass is 10.1. The third-order valence-corrected chi connectivity index (χ3v) is 2.44. The molecule has 0 saturated carbocycles. The first kappa shape index (κ1) is 11.8. The minimum atomic E-state index is -0.490. The minimum absolute atomic E-state index is 0.185. The second-order valence-corrected chi connectivity index (χ2v) is 3.84. The lowest BCUT2D eigenvalue weighted by Gasteiger charge is -2.07. The Morgan fingerprint density at radius 1 is 1.56 bits per heavy atom. The molecule has 18 heavy (non-hydrogen) atoms. The van der Waals surface area contributed by atoms with E-state index in [1.54, 1.807) is 30.1 Å². The monoisotopic (exact) mass is 242 g/mol. The molecule has 1 aromatic rings. The van der Waals surface area contributed by atoms with Gasteiger partial charge < -0.3 is 4.90 Å². The second-order valence-electron chi connectivity index (χ2n) is 3.84. The highest BCUT2D eigenvalue weighted by Crippen LogP contribution is 2.06. The molecule has 1 aromatic carbocycles. The molecule has 0 radical (unpaired) electrons. The van der Waals surface area contributed by atoms with Crippen molar-refractivity contribution in [3.8, 4) is 6.07 Å². The molecule has 0 atom stereocenters. The third kappa shape index (κ3) is 2.35. The molecule has 0 aromatic heterocycles. The molecule has 6 nitrogen and oxygen atoms in total. The Bertz CT molecular complexity index is 586. The predicted octanol–water partition coefficient (Wildman–Crippen LogP) is 0.116. The van der Waals surface area contributed by atoms with Crippen LogP contribution in [0.25, 0.3) is 0 Å². The van der Waals surface area contributed by atoms with Gasteiger partial charge in [0.25, 0.3) is 5.91 Å². The quantitative estimate of drug-likeness (QED) is 0.757. The molecule has 2 amide bonds. The molecule has 0 spiro atoms. The molecular formula is C12H10N4O2. The van der Waals surface area contributed by atoms with Gasteiger partial charge in [-0.15, -0.1) is 0 Å². The van der Waals surface area contributed by atoms with Crippen molar-refractivity contribution < 1.29 is 9.59 Å². The second kappa shape index (κ2) is 4.67. The minimum Gasteiger partial charge on any atom is -0.336 e. The van der Waals surface area contributed by atoms with Crippen LogP contribution in [0.15, 0.2) is 29.3 Å². The molecule has 1 N–H and O–H groups in total. The Morgan fingerprint density at radius 2 is 2.33 bits per heavy atom. The van der Waals surface area contributed by atoms with Crippen LogP contribution in [-0.2, 0) is 4.79 Å². The summed E-state index contributed by atoms with van der Waals surface area (Å²) in [5, 5.41) is 11.2. The maximum absolute atomic E-state index is 11.8. The summed E-state index contributed by atoms with van der Waals surface area (Å²) in [4.78, 5) is 28.3. The number of likely N-dealkylation sites (N-methyl/N-ethyl adjacent to an activating group) is 1. The number of aliphatic imine (C=N–C) groups is 1. The van der Waals surface area contributed by atoms with Gasteiger partial charge in [0.15, 0.2) is 0 Å². The van der Waals surface area contributed by atoms with Gasteiger partial charge in [0.05, 0.1) is 18.2 Å². The average molecular weight is 242 g/mol. The van der Waals surface area contributed by atoms with Gasteiger partial charge in [-0.2, -0.15) is 10.3 Å². The number of rotatable bonds is 1. The van der Waals surface area contributed by atoms with Crippen LogP contribution in [0.2, 0.25) is 0 Å². The van der Waals surface area contributed by atoms with E-state index in [2.05, 4.69) is 10.3 Å². The van der Waals surface area contributed by atoms with Gasteiger partial charge in [-0.25, -0.2) is 0 Å². The highest BCUT2D eigenvalue weighted by Gasteiger charge is 2.22. The van der Waals surface area contributed by atoms with Crippen molar-refractivity contribution in [1.29, 1.82) is 5.26 Å². The highest BCUT2D eigenvalue weighted by atomic mass is 16.2. The van der Waals surface area contributed by atoms with Crippen LogP contribution >= 0.6 is 0 Å². The van der Waals surface area contributed by atoms with Gasteiger partial charge in [-0.1, -0.05) is 6.07 Å². The molecule has 0 aliphatic carbocycles. The van der Waals surface area contributed by atoms with Crippen molar-refractivity contribution in [2.24, 2.45) is 4.99 Å². The van der Waals surface area contributed by atoms with E-state index in [1.807, 2.05) is 6.07 Å². The average Bonchev–Trinajstić information content (AvgIpc) is 2.68. The molecule has 90 valence electrons. The topological polar surface area (TPSA) is 85.6 Å². The first-order valence-electron chi connectivity index (χ1n) is 5.24. The molecule has 2 rings (SSSR count). The Morgan fingerprint density at radius 3 is 2.94 bits per heavy atom. The summed E-state index contributed by atoms with van der Waals surface area (Å²) in [5.41, 5.74) is 0.709. The summed E-state index contributed by atoms with van der Waals surface area (Å²) in [5.74, 6) is -0.460. The first-order valence-corrected chi connectivity index (χ1v) is 5.24. The number of nitrogens with zero attached hydrogens (tertiary/aromatic N) is 3. The summed E-state index contributed by atoms with van der Waals surface area (Å²) in [6, 6.07) is 8.20. The van der Waals surface area contributed by atoms with Crippen LogP contribution in [0, 0.1) is 11.3 Å². The SMILES string of the molecule is CN1CC(=O)NC1=NC(=O)c1cccc(C#N)c1. The summed E-state index contributed by atoms with van der Waals surface area (Å²) in [6.07, 6.45) is 0. The number of carbonyl (C=O) groups is 2. The van der Waals surface area contributed by atoms with E-state index >= 15 is 0 Å². The van der Waals surface area contributed by atoms with Crippen molar-refractivity contribution in [3.05, 3.63) is 35.4 Å². The number of hydrogen-bond acceptors (Lipinski definition) is 3. The zero-order valence-corrected chi connectivity index (χ0v) is 9.67. The smallest absolute Gasteiger partial charge is 0.280 e. The van der Waals surface area contributed by atoms with Crippen LogP contribution < -0.4 is 5.32 Å². The van der Waals surface area contributed by atoms with Gasteiger partial charge in [0.2, 0.25) is 11.9 Å². The van der Waals surface area contributed by atoms with E-state index in [9.17, 15) is 9.59 Å². The molecule has 6 heteroatoms. The number of amides is 2. The van der Waals surface area contributed by atoms with Crippen molar-refractivity contribution >= 4 is 17.8 Å². The zero-order valence-electron chi connectivity index (χ0n) is 9.67. The molecule has 1 heterocycles. The van der Waals surface area contributed by atoms with Crippen molar-refractivity contribution in [2.45, 2.75) is 0 Å². The standard InChI is InChI=1S/C12H10N4O2/c1-16-7-10(17)14-12(16)15-11(18)9-4-2-3-8(5-9)6-13/h2-5H,7H2,1H3,(H,14,15,17,18). The number of benzene rings is 1. The fourth-order valence-electron chi connectivity index (χ4n) is 1.55. The summed E-state index contributed by atoms with van der Waals surface area (Å²) < 4.78 is 0. The maximum atomic E-state index is 11.8. The van der Waals surface area contributed by atoms with Crippen LogP contribution in [0.4, 0.5) is 0 Å². The Balaban J connectivity index is 2.25. The summed E-state index contributed by atoms with van der Waals surface area (Å²) in [7, 11) is 1.66. The normalized spacial score (nSPS) is 16.6. The zero-order chi connectivity index (χ0) is 13.1. The highest BCUT2D eigenvalue weighted by molar-refractivity contribution is 6.10. The van der Waals surface area contributed by atoms with Gasteiger partial charge in [0, 0.05) is 12.6 Å². The Hall–Kier alpha value is -2.68. The number of carbonyl (C=O) groups excluding carboxylic acids is 2. The molecular weight excluding hydrogens is 232 g/mol. The molecule has 1 fully saturated rings. The third-order valence-electron chi connectivity index (χ3n) is 2.44. The van der Waals surface area contributed by atoms with E-state index in [-0.39, 0.29) is 18.4 Å². The fraction of sp³-hybridized carbons (Fsp3) is 0.167. The Labute approximate surface area is 104 Å². The van der Waals surface area contributed by atoms with E-state index in [0.717, 1.165) is 0 Å². The van der Waals surface area contributed by atoms with E-state index in [0.29, 0.717) is 11.1 Å². The Kier molecular flexibility index (Phi) is 3.06. The molecule has 1 saturated heterocycles. The molecule has 1 aliphatic heterocycles.